The van der Waals surface area contributed by atoms with Gasteiger partial charge in [0.15, 0.2) is 0 Å². The van der Waals surface area contributed by atoms with Crippen LogP contribution in [-0.2, 0) is 20.9 Å². The molecule has 4 N–H and O–H groups in total. The van der Waals surface area contributed by atoms with Gasteiger partial charge in [0.2, 0.25) is 0 Å². The molecule has 36 heavy (non-hydrogen) atoms. The molecule has 0 aliphatic heterocycles. The highest BCUT2D eigenvalue weighted by Crippen LogP contribution is 2.43. The summed E-state index contributed by atoms with van der Waals surface area (Å²) in [6.07, 6.45) is 12.9. The van der Waals surface area contributed by atoms with Crippen molar-refractivity contribution >= 4 is 23.3 Å². The highest BCUT2D eigenvalue weighted by molar-refractivity contribution is 5.92. The fraction of sp³-hybridized carbons (Fsp3) is 0.467. The summed E-state index contributed by atoms with van der Waals surface area (Å²) in [5.41, 5.74) is 14.4. The average Bonchev–Trinajstić information content (AvgIpc) is 2.88. The Bertz CT molecular complexity index is 1060. The molecule has 0 heterocycles. The number of hydrogen-bond donors (Lipinski definition) is 2. The van der Waals surface area contributed by atoms with Crippen molar-refractivity contribution in [1.29, 1.82) is 0 Å². The van der Waals surface area contributed by atoms with E-state index < -0.39 is 11.9 Å². The van der Waals surface area contributed by atoms with Gasteiger partial charge in [0.05, 0.1) is 0 Å². The van der Waals surface area contributed by atoms with Gasteiger partial charge in [0.25, 0.3) is 0 Å². The maximum absolute atomic E-state index is 12.1. The van der Waals surface area contributed by atoms with Gasteiger partial charge in [-0.05, 0) is 92.0 Å². The zero-order valence-electron chi connectivity index (χ0n) is 21.2. The van der Waals surface area contributed by atoms with E-state index in [1.807, 2.05) is 12.1 Å². The second kappa shape index (κ2) is 12.1. The number of nitrogens with two attached hydrogens (primary N) is 2. The number of carbonyl (C=O) groups is 2. The molecular formula is C30H38N2O4. The molecule has 0 atom stereocenters. The fourth-order valence-electron chi connectivity index (χ4n) is 5.72. The number of nitrogen functional groups attached to an aromatic ring is 2. The molecule has 6 nitrogen and oxygen atoms in total. The molecule has 2 saturated carbocycles. The van der Waals surface area contributed by atoms with E-state index in [0.717, 1.165) is 29.9 Å². The Balaban J connectivity index is 1.20. The highest BCUT2D eigenvalue weighted by atomic mass is 16.5. The molecule has 0 spiro atoms. The highest BCUT2D eigenvalue weighted by Gasteiger charge is 2.30. The lowest BCUT2D eigenvalue weighted by Crippen LogP contribution is -2.24. The predicted molar refractivity (Wildman–Crippen MR) is 142 cm³/mol. The topological polar surface area (TPSA) is 105 Å². The van der Waals surface area contributed by atoms with Crippen LogP contribution in [0.3, 0.4) is 0 Å². The molecule has 2 aliphatic rings. The third-order valence-electron chi connectivity index (χ3n) is 7.96. The number of esters is 2. The first-order valence-corrected chi connectivity index (χ1v) is 13.2. The molecule has 192 valence electrons. The zero-order chi connectivity index (χ0) is 25.5. The van der Waals surface area contributed by atoms with Crippen molar-refractivity contribution < 1.29 is 19.1 Å². The Morgan fingerprint density at radius 2 is 1.44 bits per heavy atom. The number of anilines is 2. The van der Waals surface area contributed by atoms with E-state index in [9.17, 15) is 9.59 Å². The van der Waals surface area contributed by atoms with Gasteiger partial charge in [0, 0.05) is 29.1 Å². The van der Waals surface area contributed by atoms with Crippen molar-refractivity contribution in [2.45, 2.75) is 70.8 Å². The van der Waals surface area contributed by atoms with Gasteiger partial charge in [-0.25, -0.2) is 9.59 Å². The van der Waals surface area contributed by atoms with Crippen LogP contribution < -0.4 is 16.2 Å². The summed E-state index contributed by atoms with van der Waals surface area (Å²) in [4.78, 5) is 24.1. The summed E-state index contributed by atoms with van der Waals surface area (Å²) in [5, 5.41) is 0. The summed E-state index contributed by atoms with van der Waals surface area (Å²) in [6, 6.07) is 12.8. The van der Waals surface area contributed by atoms with E-state index in [-0.39, 0.29) is 6.61 Å². The number of rotatable bonds is 7. The summed E-state index contributed by atoms with van der Waals surface area (Å²) >= 11 is 0. The Kier molecular flexibility index (Phi) is 8.68. The molecule has 0 amide bonds. The molecule has 0 aromatic heterocycles. The molecule has 0 unspecified atom stereocenters. The molecule has 0 radical (unpaired) electrons. The average molecular weight is 491 g/mol. The second-order valence-corrected chi connectivity index (χ2v) is 10.5. The van der Waals surface area contributed by atoms with Crippen LogP contribution in [0.15, 0.2) is 54.6 Å². The lowest BCUT2D eigenvalue weighted by Gasteiger charge is -2.37. The van der Waals surface area contributed by atoms with Crippen LogP contribution in [0, 0.1) is 17.8 Å². The van der Waals surface area contributed by atoms with Gasteiger partial charge in [-0.1, -0.05) is 38.0 Å². The number of hydrogen-bond acceptors (Lipinski definition) is 6. The summed E-state index contributed by atoms with van der Waals surface area (Å²) in [5.74, 6) is 2.50. The number of ether oxygens (including phenoxy) is 2. The van der Waals surface area contributed by atoms with E-state index >= 15 is 0 Å². The maximum atomic E-state index is 12.1. The Morgan fingerprint density at radius 3 is 2.08 bits per heavy atom. The van der Waals surface area contributed by atoms with E-state index in [1.54, 1.807) is 18.2 Å². The maximum Gasteiger partial charge on any atom is 0.336 e. The lowest BCUT2D eigenvalue weighted by molar-refractivity contribution is -0.139. The molecule has 0 bridgehead atoms. The number of carbonyl (C=O) groups excluding carboxylic acids is 2. The SMILES string of the molecule is CC1CCC(C2CCC(c3ccc(OC(=O)/C=C\C(=O)OCc4ccc(N)cc4N)cc3)CC2)CC1. The van der Waals surface area contributed by atoms with E-state index in [2.05, 4.69) is 19.1 Å². The standard InChI is InChI=1S/C30H38N2O4/c1-20-2-4-21(5-3-20)22-6-8-23(9-7-22)24-11-14-27(15-12-24)36-30(34)17-16-29(33)35-19-25-10-13-26(31)18-28(25)32/h10-18,20-23H,2-9,19,31-32H2,1H3/b17-16-. The van der Waals surface area contributed by atoms with Crippen molar-refractivity contribution in [2.75, 3.05) is 11.5 Å². The number of benzene rings is 2. The Hall–Kier alpha value is -3.28. The van der Waals surface area contributed by atoms with Crippen LogP contribution in [-0.4, -0.2) is 11.9 Å². The van der Waals surface area contributed by atoms with Gasteiger partial charge in [-0.3, -0.25) is 0 Å². The van der Waals surface area contributed by atoms with Gasteiger partial charge in [-0.2, -0.15) is 0 Å². The first kappa shape index (κ1) is 25.8. The smallest absolute Gasteiger partial charge is 0.336 e. The van der Waals surface area contributed by atoms with Gasteiger partial charge < -0.3 is 20.9 Å². The van der Waals surface area contributed by atoms with Crippen molar-refractivity contribution in [3.05, 3.63) is 65.7 Å². The minimum atomic E-state index is -0.656. The summed E-state index contributed by atoms with van der Waals surface area (Å²) in [6.45, 7) is 2.38. The van der Waals surface area contributed by atoms with Crippen LogP contribution in [0.25, 0.3) is 0 Å². The molecule has 2 fully saturated rings. The largest absolute Gasteiger partial charge is 0.458 e. The molecule has 0 saturated heterocycles. The minimum absolute atomic E-state index is 0.00638. The Morgan fingerprint density at radius 1 is 0.833 bits per heavy atom. The van der Waals surface area contributed by atoms with Crippen LogP contribution >= 0.6 is 0 Å². The van der Waals surface area contributed by atoms with Crippen LogP contribution in [0.4, 0.5) is 11.4 Å². The van der Waals surface area contributed by atoms with Crippen LogP contribution in [0.1, 0.15) is 75.3 Å². The van der Waals surface area contributed by atoms with Gasteiger partial charge in [-0.15, -0.1) is 0 Å². The van der Waals surface area contributed by atoms with E-state index in [0.29, 0.717) is 28.6 Å². The molecule has 6 heteroatoms. The van der Waals surface area contributed by atoms with E-state index in [4.69, 9.17) is 20.9 Å². The van der Waals surface area contributed by atoms with Crippen molar-refractivity contribution in [1.82, 2.24) is 0 Å². The normalized spacial score (nSPS) is 24.4. The van der Waals surface area contributed by atoms with Gasteiger partial charge in [0.1, 0.15) is 12.4 Å². The van der Waals surface area contributed by atoms with E-state index in [1.165, 1.54) is 56.9 Å². The summed E-state index contributed by atoms with van der Waals surface area (Å²) in [7, 11) is 0. The predicted octanol–water partition coefficient (Wildman–Crippen LogP) is 6.16. The lowest BCUT2D eigenvalue weighted by atomic mass is 9.68. The fourth-order valence-corrected chi connectivity index (χ4v) is 5.72. The molecule has 2 aromatic rings. The van der Waals surface area contributed by atoms with Crippen molar-refractivity contribution in [2.24, 2.45) is 17.8 Å². The zero-order valence-corrected chi connectivity index (χ0v) is 21.2. The molecule has 2 aromatic carbocycles. The van der Waals surface area contributed by atoms with Crippen molar-refractivity contribution in [3.8, 4) is 5.75 Å². The van der Waals surface area contributed by atoms with Crippen molar-refractivity contribution in [3.63, 3.8) is 0 Å². The second-order valence-electron chi connectivity index (χ2n) is 10.5. The third-order valence-corrected chi connectivity index (χ3v) is 7.96. The first-order valence-electron chi connectivity index (χ1n) is 13.2. The van der Waals surface area contributed by atoms with Crippen LogP contribution in [0.2, 0.25) is 0 Å². The quantitative estimate of drug-likeness (QED) is 0.209. The Labute approximate surface area is 214 Å². The molecular weight excluding hydrogens is 452 g/mol. The molecule has 2 aliphatic carbocycles. The molecule has 4 rings (SSSR count). The van der Waals surface area contributed by atoms with Crippen LogP contribution in [0.5, 0.6) is 5.75 Å². The monoisotopic (exact) mass is 490 g/mol. The van der Waals surface area contributed by atoms with Gasteiger partial charge >= 0.3 is 11.9 Å². The first-order chi connectivity index (χ1) is 17.4. The summed E-state index contributed by atoms with van der Waals surface area (Å²) < 4.78 is 10.5. The minimum Gasteiger partial charge on any atom is -0.458 e. The third kappa shape index (κ3) is 7.12.